The molecule has 96 valence electrons. The Kier molecular flexibility index (Phi) is 3.76. The second kappa shape index (κ2) is 5.12. The zero-order valence-electron chi connectivity index (χ0n) is 10.4. The van der Waals surface area contributed by atoms with Crippen molar-refractivity contribution in [3.63, 3.8) is 0 Å². The molecule has 6 heteroatoms. The van der Waals surface area contributed by atoms with Crippen molar-refractivity contribution in [3.8, 4) is 0 Å². The number of nitrogens with zero attached hydrogens (tertiary/aromatic N) is 3. The maximum atomic E-state index is 6.33. The van der Waals surface area contributed by atoms with E-state index in [1.807, 2.05) is 11.6 Å². The second-order valence-corrected chi connectivity index (χ2v) is 4.29. The molecule has 1 aliphatic heterocycles. The number of ether oxygens (including phenoxy) is 2. The van der Waals surface area contributed by atoms with E-state index in [4.69, 9.17) is 15.2 Å². The fraction of sp³-hybridized carbons (Fsp3) is 0.818. The highest BCUT2D eigenvalue weighted by atomic mass is 16.5. The van der Waals surface area contributed by atoms with E-state index >= 15 is 0 Å². The van der Waals surface area contributed by atoms with E-state index in [-0.39, 0.29) is 11.6 Å². The van der Waals surface area contributed by atoms with Crippen LogP contribution >= 0.6 is 0 Å². The molecule has 1 saturated heterocycles. The van der Waals surface area contributed by atoms with Gasteiger partial charge in [-0.25, -0.2) is 9.67 Å². The average Bonchev–Trinajstić information content (AvgIpc) is 2.86. The second-order valence-electron chi connectivity index (χ2n) is 4.29. The molecule has 1 aliphatic rings. The molecular formula is C11H20N4O2. The minimum Gasteiger partial charge on any atom is -0.381 e. The Morgan fingerprint density at radius 3 is 2.88 bits per heavy atom. The van der Waals surface area contributed by atoms with Crippen molar-refractivity contribution in [2.45, 2.75) is 38.0 Å². The highest BCUT2D eigenvalue weighted by Gasteiger charge is 2.41. The fourth-order valence-electron chi connectivity index (χ4n) is 2.35. The van der Waals surface area contributed by atoms with E-state index in [1.165, 1.54) is 0 Å². The summed E-state index contributed by atoms with van der Waals surface area (Å²) in [6.07, 6.45) is 3.13. The van der Waals surface area contributed by atoms with E-state index in [2.05, 4.69) is 10.1 Å². The van der Waals surface area contributed by atoms with Crippen LogP contribution in [0.4, 0.5) is 0 Å². The molecule has 1 unspecified atom stereocenters. The van der Waals surface area contributed by atoms with Crippen LogP contribution in [-0.2, 0) is 16.0 Å². The van der Waals surface area contributed by atoms with Gasteiger partial charge in [0.05, 0.1) is 11.6 Å². The van der Waals surface area contributed by atoms with Gasteiger partial charge in [0.1, 0.15) is 12.2 Å². The summed E-state index contributed by atoms with van der Waals surface area (Å²) < 4.78 is 12.9. The monoisotopic (exact) mass is 240 g/mol. The van der Waals surface area contributed by atoms with E-state index in [9.17, 15) is 0 Å². The number of methoxy groups -OCH3 is 1. The summed E-state index contributed by atoms with van der Waals surface area (Å²) in [4.78, 5) is 4.26. The average molecular weight is 240 g/mol. The van der Waals surface area contributed by atoms with Crippen molar-refractivity contribution in [2.75, 3.05) is 20.3 Å². The summed E-state index contributed by atoms with van der Waals surface area (Å²) in [5.74, 6) is 0.788. The van der Waals surface area contributed by atoms with Crippen molar-refractivity contribution >= 4 is 0 Å². The van der Waals surface area contributed by atoms with Gasteiger partial charge in [-0.3, -0.25) is 0 Å². The summed E-state index contributed by atoms with van der Waals surface area (Å²) in [5, 5.41) is 4.15. The molecule has 0 radical (unpaired) electrons. The summed E-state index contributed by atoms with van der Waals surface area (Å²) in [6.45, 7) is 4.15. The molecule has 2 heterocycles. The van der Waals surface area contributed by atoms with Crippen LogP contribution in [0.15, 0.2) is 6.33 Å². The minimum atomic E-state index is -0.377. The molecule has 2 N–H and O–H groups in total. The number of rotatable bonds is 4. The third kappa shape index (κ3) is 2.20. The van der Waals surface area contributed by atoms with Crippen molar-refractivity contribution in [1.82, 2.24) is 14.8 Å². The van der Waals surface area contributed by atoms with Gasteiger partial charge in [0.2, 0.25) is 0 Å². The lowest BCUT2D eigenvalue weighted by molar-refractivity contribution is -0.106. The Hall–Kier alpha value is -0.980. The summed E-state index contributed by atoms with van der Waals surface area (Å²) >= 11 is 0. The van der Waals surface area contributed by atoms with Gasteiger partial charge in [-0.05, 0) is 6.92 Å². The summed E-state index contributed by atoms with van der Waals surface area (Å²) in [5.41, 5.74) is 5.96. The molecule has 0 spiro atoms. The van der Waals surface area contributed by atoms with Crippen LogP contribution in [0.1, 0.15) is 31.6 Å². The lowest BCUT2D eigenvalue weighted by Crippen LogP contribution is -2.48. The molecule has 1 atom stereocenters. The molecule has 2 rings (SSSR count). The Morgan fingerprint density at radius 2 is 2.29 bits per heavy atom. The van der Waals surface area contributed by atoms with Gasteiger partial charge in [0, 0.05) is 39.7 Å². The quantitative estimate of drug-likeness (QED) is 0.829. The zero-order chi connectivity index (χ0) is 12.3. The number of nitrogens with two attached hydrogens (primary N) is 1. The maximum absolute atomic E-state index is 6.33. The van der Waals surface area contributed by atoms with E-state index in [1.54, 1.807) is 13.4 Å². The number of aromatic nitrogens is 3. The predicted octanol–water partition coefficient (Wildman–Crippen LogP) is 0.493. The standard InChI is InChI=1S/C11H20N4O2/c1-3-15-10(13-8-14-15)9(12)11(16-2)4-6-17-7-5-11/h8-9H,3-7,12H2,1-2H3. The maximum Gasteiger partial charge on any atom is 0.146 e. The third-order valence-corrected chi connectivity index (χ3v) is 3.54. The van der Waals surface area contributed by atoms with Crippen LogP contribution in [0.2, 0.25) is 0 Å². The molecule has 6 nitrogen and oxygen atoms in total. The van der Waals surface area contributed by atoms with Crippen molar-refractivity contribution in [3.05, 3.63) is 12.2 Å². The van der Waals surface area contributed by atoms with E-state index in [0.29, 0.717) is 13.2 Å². The van der Waals surface area contributed by atoms with Crippen molar-refractivity contribution < 1.29 is 9.47 Å². The predicted molar refractivity (Wildman–Crippen MR) is 62.4 cm³/mol. The van der Waals surface area contributed by atoms with Crippen molar-refractivity contribution in [1.29, 1.82) is 0 Å². The first-order valence-corrected chi connectivity index (χ1v) is 5.99. The normalized spacial score (nSPS) is 21.4. The first kappa shape index (κ1) is 12.5. The SMILES string of the molecule is CCn1ncnc1C(N)C1(OC)CCOCC1. The van der Waals surface area contributed by atoms with Crippen LogP contribution in [0.3, 0.4) is 0 Å². The fourth-order valence-corrected chi connectivity index (χ4v) is 2.35. The van der Waals surface area contributed by atoms with Gasteiger partial charge in [0.25, 0.3) is 0 Å². The zero-order valence-corrected chi connectivity index (χ0v) is 10.4. The van der Waals surface area contributed by atoms with Crippen molar-refractivity contribution in [2.24, 2.45) is 5.73 Å². The summed E-state index contributed by atoms with van der Waals surface area (Å²) in [6, 6.07) is -0.265. The molecule has 0 aliphatic carbocycles. The third-order valence-electron chi connectivity index (χ3n) is 3.54. The van der Waals surface area contributed by atoms with E-state index in [0.717, 1.165) is 25.2 Å². The van der Waals surface area contributed by atoms with Gasteiger partial charge < -0.3 is 15.2 Å². The molecule has 0 saturated carbocycles. The van der Waals surface area contributed by atoms with Crippen LogP contribution in [0.25, 0.3) is 0 Å². The smallest absolute Gasteiger partial charge is 0.146 e. The lowest BCUT2D eigenvalue weighted by Gasteiger charge is -2.39. The minimum absolute atomic E-state index is 0.265. The molecule has 1 aromatic heterocycles. The highest BCUT2D eigenvalue weighted by Crippen LogP contribution is 2.34. The topological polar surface area (TPSA) is 75.2 Å². The number of hydrogen-bond donors (Lipinski definition) is 1. The largest absolute Gasteiger partial charge is 0.381 e. The molecular weight excluding hydrogens is 220 g/mol. The van der Waals surface area contributed by atoms with Crippen LogP contribution < -0.4 is 5.73 Å². The van der Waals surface area contributed by atoms with Gasteiger partial charge in [-0.1, -0.05) is 0 Å². The molecule has 0 aromatic carbocycles. The molecule has 0 bridgehead atoms. The van der Waals surface area contributed by atoms with Gasteiger partial charge in [0.15, 0.2) is 0 Å². The van der Waals surface area contributed by atoms with E-state index < -0.39 is 0 Å². The Bertz CT molecular complexity index is 360. The van der Waals surface area contributed by atoms with Crippen LogP contribution in [0.5, 0.6) is 0 Å². The highest BCUT2D eigenvalue weighted by molar-refractivity contribution is 5.05. The molecule has 17 heavy (non-hydrogen) atoms. The number of hydrogen-bond acceptors (Lipinski definition) is 5. The summed E-state index contributed by atoms with van der Waals surface area (Å²) in [7, 11) is 1.71. The molecule has 1 aromatic rings. The Balaban J connectivity index is 2.24. The van der Waals surface area contributed by atoms with Crippen LogP contribution in [-0.4, -0.2) is 40.7 Å². The number of aryl methyl sites for hydroxylation is 1. The lowest BCUT2D eigenvalue weighted by atomic mass is 9.86. The van der Waals surface area contributed by atoms with Gasteiger partial charge in [-0.2, -0.15) is 5.10 Å². The first-order chi connectivity index (χ1) is 8.23. The van der Waals surface area contributed by atoms with Gasteiger partial charge >= 0.3 is 0 Å². The Morgan fingerprint density at radius 1 is 1.59 bits per heavy atom. The Labute approximate surface area is 101 Å². The first-order valence-electron chi connectivity index (χ1n) is 5.99. The molecule has 1 fully saturated rings. The molecule has 0 amide bonds. The van der Waals surface area contributed by atoms with Crippen LogP contribution in [0, 0.1) is 0 Å². The van der Waals surface area contributed by atoms with Gasteiger partial charge in [-0.15, -0.1) is 0 Å².